The summed E-state index contributed by atoms with van der Waals surface area (Å²) in [6.45, 7) is 1.46. The summed E-state index contributed by atoms with van der Waals surface area (Å²) in [5.41, 5.74) is 0. The minimum atomic E-state index is 0.169. The molecule has 1 fully saturated rings. The van der Waals surface area contributed by atoms with Crippen LogP contribution in [0.5, 0.6) is 11.6 Å². The van der Waals surface area contributed by atoms with E-state index in [0.717, 1.165) is 18.8 Å². The summed E-state index contributed by atoms with van der Waals surface area (Å²) < 4.78 is 15.9. The van der Waals surface area contributed by atoms with Crippen LogP contribution in [0.2, 0.25) is 0 Å². The molecule has 0 saturated carbocycles. The SMILES string of the molecule is COc1cc(O[C@@H]2CCOC2)ccn1. The first-order valence-corrected chi connectivity index (χ1v) is 4.63. The number of methoxy groups -OCH3 is 1. The molecule has 0 aromatic carbocycles. The van der Waals surface area contributed by atoms with Crippen molar-refractivity contribution in [2.45, 2.75) is 12.5 Å². The summed E-state index contributed by atoms with van der Waals surface area (Å²) in [6.07, 6.45) is 2.79. The first-order chi connectivity index (χ1) is 6.88. The van der Waals surface area contributed by atoms with E-state index in [0.29, 0.717) is 12.5 Å². The van der Waals surface area contributed by atoms with E-state index in [1.54, 1.807) is 19.4 Å². The van der Waals surface area contributed by atoms with E-state index in [-0.39, 0.29) is 6.10 Å². The zero-order valence-electron chi connectivity index (χ0n) is 8.10. The van der Waals surface area contributed by atoms with Crippen molar-refractivity contribution in [1.82, 2.24) is 4.98 Å². The molecule has 0 N–H and O–H groups in total. The summed E-state index contributed by atoms with van der Waals surface area (Å²) in [7, 11) is 1.59. The summed E-state index contributed by atoms with van der Waals surface area (Å²) in [5, 5.41) is 0. The molecule has 1 aliphatic rings. The maximum Gasteiger partial charge on any atom is 0.216 e. The first-order valence-electron chi connectivity index (χ1n) is 4.63. The van der Waals surface area contributed by atoms with Crippen molar-refractivity contribution in [3.05, 3.63) is 18.3 Å². The number of ether oxygens (including phenoxy) is 3. The zero-order chi connectivity index (χ0) is 9.80. The third-order valence-corrected chi connectivity index (χ3v) is 2.11. The molecule has 0 aliphatic carbocycles. The molecular weight excluding hydrogens is 182 g/mol. The topological polar surface area (TPSA) is 40.6 Å². The molecule has 0 amide bonds. The average Bonchev–Trinajstić information content (AvgIpc) is 2.71. The van der Waals surface area contributed by atoms with Crippen molar-refractivity contribution in [2.24, 2.45) is 0 Å². The molecule has 1 saturated heterocycles. The van der Waals surface area contributed by atoms with E-state index >= 15 is 0 Å². The van der Waals surface area contributed by atoms with Gasteiger partial charge in [-0.05, 0) is 6.07 Å². The molecule has 0 bridgehead atoms. The van der Waals surface area contributed by atoms with Gasteiger partial charge in [0.2, 0.25) is 5.88 Å². The number of pyridine rings is 1. The van der Waals surface area contributed by atoms with Gasteiger partial charge < -0.3 is 14.2 Å². The Balaban J connectivity index is 2.00. The summed E-state index contributed by atoms with van der Waals surface area (Å²) in [5.74, 6) is 1.36. The second-order valence-corrected chi connectivity index (χ2v) is 3.14. The molecule has 1 aliphatic heterocycles. The molecule has 14 heavy (non-hydrogen) atoms. The maximum atomic E-state index is 5.67. The molecule has 1 atom stereocenters. The predicted octanol–water partition coefficient (Wildman–Crippen LogP) is 1.26. The van der Waals surface area contributed by atoms with E-state index in [4.69, 9.17) is 14.2 Å². The zero-order valence-corrected chi connectivity index (χ0v) is 8.10. The van der Waals surface area contributed by atoms with Gasteiger partial charge in [-0.3, -0.25) is 0 Å². The van der Waals surface area contributed by atoms with Crippen LogP contribution in [-0.4, -0.2) is 31.4 Å². The Morgan fingerprint density at radius 1 is 1.57 bits per heavy atom. The summed E-state index contributed by atoms with van der Waals surface area (Å²) in [6, 6.07) is 3.60. The third-order valence-electron chi connectivity index (χ3n) is 2.11. The highest BCUT2D eigenvalue weighted by Crippen LogP contribution is 2.19. The van der Waals surface area contributed by atoms with Crippen LogP contribution < -0.4 is 9.47 Å². The van der Waals surface area contributed by atoms with Crippen LogP contribution >= 0.6 is 0 Å². The monoisotopic (exact) mass is 195 g/mol. The smallest absolute Gasteiger partial charge is 0.216 e. The van der Waals surface area contributed by atoms with E-state index in [1.807, 2.05) is 6.07 Å². The fourth-order valence-corrected chi connectivity index (χ4v) is 1.37. The largest absolute Gasteiger partial charge is 0.488 e. The van der Waals surface area contributed by atoms with Gasteiger partial charge in [0.15, 0.2) is 0 Å². The standard InChI is InChI=1S/C10H13NO3/c1-12-10-6-8(2-4-11-10)14-9-3-5-13-7-9/h2,4,6,9H,3,5,7H2,1H3/t9-/m1/s1. The van der Waals surface area contributed by atoms with Crippen LogP contribution in [0.15, 0.2) is 18.3 Å². The van der Waals surface area contributed by atoms with Gasteiger partial charge in [-0.25, -0.2) is 4.98 Å². The van der Waals surface area contributed by atoms with Crippen LogP contribution in [0.3, 0.4) is 0 Å². The third kappa shape index (κ3) is 2.14. The lowest BCUT2D eigenvalue weighted by Crippen LogP contribution is -2.15. The molecule has 1 aromatic heterocycles. The average molecular weight is 195 g/mol. The minimum absolute atomic E-state index is 0.169. The molecular formula is C10H13NO3. The molecule has 0 spiro atoms. The van der Waals surface area contributed by atoms with E-state index in [2.05, 4.69) is 4.98 Å². The Morgan fingerprint density at radius 3 is 3.21 bits per heavy atom. The first kappa shape index (κ1) is 9.27. The highest BCUT2D eigenvalue weighted by atomic mass is 16.5. The normalized spacial score (nSPS) is 20.8. The Hall–Kier alpha value is -1.29. The van der Waals surface area contributed by atoms with Crippen molar-refractivity contribution < 1.29 is 14.2 Å². The lowest BCUT2D eigenvalue weighted by Gasteiger charge is -2.11. The Kier molecular flexibility index (Phi) is 2.84. The van der Waals surface area contributed by atoms with Crippen LogP contribution in [0.25, 0.3) is 0 Å². The highest BCUT2D eigenvalue weighted by Gasteiger charge is 2.17. The predicted molar refractivity (Wildman–Crippen MR) is 50.6 cm³/mol. The Bertz CT molecular complexity index is 297. The second kappa shape index (κ2) is 4.28. The number of hydrogen-bond acceptors (Lipinski definition) is 4. The van der Waals surface area contributed by atoms with E-state index in [1.165, 1.54) is 0 Å². The van der Waals surface area contributed by atoms with Gasteiger partial charge in [0.05, 0.1) is 20.3 Å². The molecule has 2 rings (SSSR count). The van der Waals surface area contributed by atoms with Crippen molar-refractivity contribution in [3.63, 3.8) is 0 Å². The van der Waals surface area contributed by atoms with Crippen molar-refractivity contribution in [1.29, 1.82) is 0 Å². The van der Waals surface area contributed by atoms with Gasteiger partial charge >= 0.3 is 0 Å². The van der Waals surface area contributed by atoms with E-state index < -0.39 is 0 Å². The van der Waals surface area contributed by atoms with E-state index in [9.17, 15) is 0 Å². The lowest BCUT2D eigenvalue weighted by atomic mass is 10.3. The van der Waals surface area contributed by atoms with Gasteiger partial charge in [0.1, 0.15) is 11.9 Å². The fourth-order valence-electron chi connectivity index (χ4n) is 1.37. The summed E-state index contributed by atoms with van der Waals surface area (Å²) >= 11 is 0. The van der Waals surface area contributed by atoms with Crippen molar-refractivity contribution >= 4 is 0 Å². The fraction of sp³-hybridized carbons (Fsp3) is 0.500. The maximum absolute atomic E-state index is 5.67. The van der Waals surface area contributed by atoms with Crippen LogP contribution in [0, 0.1) is 0 Å². The van der Waals surface area contributed by atoms with Crippen LogP contribution in [-0.2, 0) is 4.74 Å². The lowest BCUT2D eigenvalue weighted by molar-refractivity contribution is 0.141. The van der Waals surface area contributed by atoms with Gasteiger partial charge in [-0.2, -0.15) is 0 Å². The van der Waals surface area contributed by atoms with Crippen molar-refractivity contribution in [3.8, 4) is 11.6 Å². The number of aromatic nitrogens is 1. The molecule has 76 valence electrons. The minimum Gasteiger partial charge on any atom is -0.488 e. The molecule has 1 aromatic rings. The molecule has 4 nitrogen and oxygen atoms in total. The molecule has 4 heteroatoms. The number of rotatable bonds is 3. The highest BCUT2D eigenvalue weighted by molar-refractivity contribution is 5.26. The van der Waals surface area contributed by atoms with Crippen molar-refractivity contribution in [2.75, 3.05) is 20.3 Å². The van der Waals surface area contributed by atoms with Crippen LogP contribution in [0.1, 0.15) is 6.42 Å². The second-order valence-electron chi connectivity index (χ2n) is 3.14. The Morgan fingerprint density at radius 2 is 2.50 bits per heavy atom. The number of hydrogen-bond donors (Lipinski definition) is 0. The Labute approximate surface area is 82.8 Å². The number of nitrogens with zero attached hydrogens (tertiary/aromatic N) is 1. The van der Waals surface area contributed by atoms with Gasteiger partial charge in [0.25, 0.3) is 0 Å². The molecule has 0 unspecified atom stereocenters. The van der Waals surface area contributed by atoms with Gasteiger partial charge in [-0.15, -0.1) is 0 Å². The quantitative estimate of drug-likeness (QED) is 0.728. The van der Waals surface area contributed by atoms with Gasteiger partial charge in [-0.1, -0.05) is 0 Å². The molecule has 2 heterocycles. The van der Waals surface area contributed by atoms with Gasteiger partial charge in [0, 0.05) is 18.7 Å². The summed E-state index contributed by atoms with van der Waals surface area (Å²) in [4.78, 5) is 4.00. The van der Waals surface area contributed by atoms with Crippen LogP contribution in [0.4, 0.5) is 0 Å². The molecule has 0 radical (unpaired) electrons.